The van der Waals surface area contributed by atoms with Crippen LogP contribution in [0, 0.1) is 0 Å². The number of esters is 1. The number of carbonyl (C=O) groups excluding carboxylic acids is 2. The quantitative estimate of drug-likeness (QED) is 0.0320. The zero-order valence-electron chi connectivity index (χ0n) is 48.9. The van der Waals surface area contributed by atoms with Crippen molar-refractivity contribution in [3.8, 4) is 0 Å². The second kappa shape index (κ2) is 62.1. The Bertz CT molecular complexity index is 1080. The molecule has 72 heavy (non-hydrogen) atoms. The molecule has 0 heterocycles. The lowest BCUT2D eigenvalue weighted by Gasteiger charge is -2.20. The zero-order chi connectivity index (χ0) is 52.2. The van der Waals surface area contributed by atoms with E-state index < -0.39 is 12.1 Å². The highest BCUT2D eigenvalue weighted by atomic mass is 16.5. The van der Waals surface area contributed by atoms with E-state index in [2.05, 4.69) is 19.2 Å². The number of hydrogen-bond acceptors (Lipinski definition) is 5. The normalized spacial score (nSPS) is 12.6. The van der Waals surface area contributed by atoms with E-state index in [1.165, 1.54) is 308 Å². The summed E-state index contributed by atoms with van der Waals surface area (Å²) in [6.45, 7) is 4.94. The molecule has 0 aliphatic heterocycles. The molecule has 0 radical (unpaired) electrons. The van der Waals surface area contributed by atoms with Gasteiger partial charge in [0.1, 0.15) is 0 Å². The molecule has 0 aromatic carbocycles. The number of carbonyl (C=O) groups is 2. The van der Waals surface area contributed by atoms with E-state index in [1.54, 1.807) is 6.08 Å². The van der Waals surface area contributed by atoms with Crippen LogP contribution in [-0.2, 0) is 14.3 Å². The van der Waals surface area contributed by atoms with Gasteiger partial charge in [0.25, 0.3) is 0 Å². The van der Waals surface area contributed by atoms with Gasteiger partial charge >= 0.3 is 5.97 Å². The second-order valence-corrected chi connectivity index (χ2v) is 22.8. The number of aliphatic hydroxyl groups is 2. The maximum Gasteiger partial charge on any atom is 0.305 e. The zero-order valence-corrected chi connectivity index (χ0v) is 48.9. The summed E-state index contributed by atoms with van der Waals surface area (Å²) in [5, 5.41) is 23.2. The van der Waals surface area contributed by atoms with Crippen LogP contribution in [0.3, 0.4) is 0 Å². The molecule has 0 aromatic rings. The van der Waals surface area contributed by atoms with Crippen LogP contribution in [0.4, 0.5) is 0 Å². The van der Waals surface area contributed by atoms with E-state index >= 15 is 0 Å². The number of ether oxygens (including phenoxy) is 1. The minimum Gasteiger partial charge on any atom is -0.466 e. The Morgan fingerprint density at radius 2 is 0.639 bits per heavy atom. The van der Waals surface area contributed by atoms with Crippen LogP contribution in [0.5, 0.6) is 0 Å². The number of rotatable bonds is 62. The summed E-state index contributed by atoms with van der Waals surface area (Å²) in [7, 11) is 0. The fraction of sp³-hybridized carbons (Fsp3) is 0.939. The highest BCUT2D eigenvalue weighted by Crippen LogP contribution is 2.19. The second-order valence-electron chi connectivity index (χ2n) is 22.8. The Morgan fingerprint density at radius 3 is 0.944 bits per heavy atom. The van der Waals surface area contributed by atoms with E-state index in [1.807, 2.05) is 6.08 Å². The first-order valence-electron chi connectivity index (χ1n) is 33.0. The molecular formula is C66H129NO5. The number of allylic oxidation sites excluding steroid dienone is 1. The third-order valence-electron chi connectivity index (χ3n) is 15.6. The molecule has 0 spiro atoms. The number of nitrogens with one attached hydrogen (secondary N) is 1. The van der Waals surface area contributed by atoms with Crippen molar-refractivity contribution >= 4 is 11.9 Å². The largest absolute Gasteiger partial charge is 0.466 e. The van der Waals surface area contributed by atoms with Crippen LogP contribution in [0.25, 0.3) is 0 Å². The van der Waals surface area contributed by atoms with Crippen LogP contribution >= 0.6 is 0 Å². The number of unbranched alkanes of at least 4 members (excludes halogenated alkanes) is 51. The lowest BCUT2D eigenvalue weighted by atomic mass is 10.0. The monoisotopic (exact) mass is 1020 g/mol. The molecular weight excluding hydrogens is 887 g/mol. The molecule has 0 aliphatic carbocycles. The molecule has 0 rings (SSSR count). The van der Waals surface area contributed by atoms with Gasteiger partial charge in [-0.3, -0.25) is 9.59 Å². The van der Waals surface area contributed by atoms with Crippen molar-refractivity contribution < 1.29 is 24.5 Å². The van der Waals surface area contributed by atoms with Crippen LogP contribution in [0.2, 0.25) is 0 Å². The molecule has 6 heteroatoms. The predicted octanol–water partition coefficient (Wildman–Crippen LogP) is 20.8. The number of aliphatic hydroxyl groups excluding tert-OH is 2. The molecule has 0 saturated heterocycles. The summed E-state index contributed by atoms with van der Waals surface area (Å²) in [5.74, 6) is -0.0488. The summed E-state index contributed by atoms with van der Waals surface area (Å²) in [6, 6.07) is -0.627. The summed E-state index contributed by atoms with van der Waals surface area (Å²) in [6.07, 6.45) is 75.5. The average Bonchev–Trinajstić information content (AvgIpc) is 3.38. The van der Waals surface area contributed by atoms with E-state index in [4.69, 9.17) is 4.74 Å². The average molecular weight is 1020 g/mol. The first-order valence-corrected chi connectivity index (χ1v) is 33.0. The molecule has 3 N–H and O–H groups in total. The van der Waals surface area contributed by atoms with Gasteiger partial charge in [-0.25, -0.2) is 0 Å². The van der Waals surface area contributed by atoms with Gasteiger partial charge in [-0.15, -0.1) is 0 Å². The summed E-state index contributed by atoms with van der Waals surface area (Å²) in [5.41, 5.74) is 0. The first-order chi connectivity index (χ1) is 35.5. The van der Waals surface area contributed by atoms with Crippen LogP contribution in [0.15, 0.2) is 12.2 Å². The lowest BCUT2D eigenvalue weighted by molar-refractivity contribution is -0.143. The van der Waals surface area contributed by atoms with E-state index in [0.717, 1.165) is 38.5 Å². The molecule has 0 aromatic heterocycles. The predicted molar refractivity (Wildman–Crippen MR) is 315 cm³/mol. The molecule has 2 unspecified atom stereocenters. The fourth-order valence-corrected chi connectivity index (χ4v) is 10.5. The van der Waals surface area contributed by atoms with E-state index in [0.29, 0.717) is 19.4 Å². The minimum absolute atomic E-state index is 0.0144. The van der Waals surface area contributed by atoms with Gasteiger partial charge in [-0.2, -0.15) is 0 Å². The third kappa shape index (κ3) is 57.9. The maximum absolute atomic E-state index is 12.5. The maximum atomic E-state index is 12.5. The summed E-state index contributed by atoms with van der Waals surface area (Å²) >= 11 is 0. The van der Waals surface area contributed by atoms with Crippen molar-refractivity contribution in [1.29, 1.82) is 0 Å². The van der Waals surface area contributed by atoms with Crippen molar-refractivity contribution in [3.05, 3.63) is 12.2 Å². The van der Waals surface area contributed by atoms with Gasteiger partial charge in [-0.1, -0.05) is 341 Å². The Morgan fingerprint density at radius 1 is 0.375 bits per heavy atom. The molecule has 0 saturated carbocycles. The Kier molecular flexibility index (Phi) is 60.9. The molecule has 1 amide bonds. The Balaban J connectivity index is 3.40. The van der Waals surface area contributed by atoms with E-state index in [9.17, 15) is 19.8 Å². The van der Waals surface area contributed by atoms with Crippen LogP contribution < -0.4 is 5.32 Å². The van der Waals surface area contributed by atoms with Gasteiger partial charge in [0.2, 0.25) is 5.91 Å². The van der Waals surface area contributed by atoms with Crippen LogP contribution in [-0.4, -0.2) is 47.4 Å². The summed E-state index contributed by atoms with van der Waals surface area (Å²) < 4.78 is 5.47. The standard InChI is InChI=1S/C66H129NO5/c1-3-5-7-9-11-13-15-16-17-18-19-23-26-29-32-35-39-42-46-50-54-58-64(69)63(62-68)67-65(70)59-55-51-47-43-40-36-33-30-27-24-21-20-22-25-28-31-34-37-41-45-49-53-57-61-72-66(71)60-56-52-48-44-38-14-12-10-8-6-4-2/h54,58,63-64,68-69H,3-53,55-57,59-62H2,1-2H3,(H,67,70)/b58-54+. The summed E-state index contributed by atoms with van der Waals surface area (Å²) in [4.78, 5) is 24.5. The minimum atomic E-state index is -0.844. The number of amides is 1. The van der Waals surface area contributed by atoms with Crippen molar-refractivity contribution in [2.24, 2.45) is 0 Å². The Labute approximate surface area is 450 Å². The van der Waals surface area contributed by atoms with Crippen molar-refractivity contribution in [2.45, 2.75) is 386 Å². The highest BCUT2D eigenvalue weighted by molar-refractivity contribution is 5.76. The highest BCUT2D eigenvalue weighted by Gasteiger charge is 2.18. The van der Waals surface area contributed by atoms with Crippen molar-refractivity contribution in [3.63, 3.8) is 0 Å². The molecule has 2 atom stereocenters. The molecule has 428 valence electrons. The third-order valence-corrected chi connectivity index (χ3v) is 15.6. The molecule has 0 bridgehead atoms. The lowest BCUT2D eigenvalue weighted by Crippen LogP contribution is -2.45. The Hall–Kier alpha value is -1.40. The van der Waals surface area contributed by atoms with Gasteiger partial charge in [-0.05, 0) is 32.1 Å². The molecule has 6 nitrogen and oxygen atoms in total. The van der Waals surface area contributed by atoms with Crippen molar-refractivity contribution in [1.82, 2.24) is 5.32 Å². The fourth-order valence-electron chi connectivity index (χ4n) is 10.5. The topological polar surface area (TPSA) is 95.9 Å². The van der Waals surface area contributed by atoms with E-state index in [-0.39, 0.29) is 18.5 Å². The molecule has 0 fully saturated rings. The molecule has 0 aliphatic rings. The van der Waals surface area contributed by atoms with Gasteiger partial charge in [0, 0.05) is 12.8 Å². The van der Waals surface area contributed by atoms with Crippen molar-refractivity contribution in [2.75, 3.05) is 13.2 Å². The van der Waals surface area contributed by atoms with Gasteiger partial charge < -0.3 is 20.3 Å². The SMILES string of the molecule is CCCCCCCCCCCCCCCCCCCCC/C=C/C(O)C(CO)NC(=O)CCCCCCCCCCCCCCCCCCCCCCCCCOC(=O)CCCCCCCCCCCCC. The van der Waals surface area contributed by atoms with Gasteiger partial charge in [0.15, 0.2) is 0 Å². The first kappa shape index (κ1) is 70.6. The van der Waals surface area contributed by atoms with Gasteiger partial charge in [0.05, 0.1) is 25.4 Å². The van der Waals surface area contributed by atoms with Crippen LogP contribution in [0.1, 0.15) is 373 Å². The smallest absolute Gasteiger partial charge is 0.305 e. The number of hydrogen-bond donors (Lipinski definition) is 3.